The van der Waals surface area contributed by atoms with Crippen LogP contribution < -0.4 is 17.5 Å². The van der Waals surface area contributed by atoms with E-state index in [1.165, 1.54) is 5.82 Å². The molecule has 0 unspecified atom stereocenters. The summed E-state index contributed by atoms with van der Waals surface area (Å²) in [6, 6.07) is 10.0. The number of nitrogens with one attached hydrogen (secondary N) is 4. The van der Waals surface area contributed by atoms with E-state index >= 15 is 0 Å². The molecule has 230 valence electrons. The topological polar surface area (TPSA) is 133 Å². The number of nitrogens with zero attached hydrogens (tertiary/aromatic N) is 6. The van der Waals surface area contributed by atoms with Gasteiger partial charge in [0.25, 0.3) is 0 Å². The quantitative estimate of drug-likeness (QED) is 0.187. The Labute approximate surface area is 270 Å². The summed E-state index contributed by atoms with van der Waals surface area (Å²) in [7, 11) is 0. The van der Waals surface area contributed by atoms with Gasteiger partial charge in [-0.1, -0.05) is 59.0 Å². The van der Waals surface area contributed by atoms with Crippen LogP contribution in [0.15, 0.2) is 92.3 Å². The second kappa shape index (κ2) is 23.3. The Hall–Kier alpha value is -3.27. The molecular formula is C30H45I2N10-. The molecule has 0 atom stereocenters. The first-order chi connectivity index (χ1) is 19.4. The molecule has 0 bridgehead atoms. The Kier molecular flexibility index (Phi) is 21.5. The van der Waals surface area contributed by atoms with E-state index in [4.69, 9.17) is 0 Å². The van der Waals surface area contributed by atoms with E-state index in [-0.39, 0.29) is 32.4 Å². The first-order valence-electron chi connectivity index (χ1n) is 12.7. The average Bonchev–Trinajstić information content (AvgIpc) is 3.82. The van der Waals surface area contributed by atoms with Gasteiger partial charge in [-0.25, -0.2) is 19.9 Å². The molecule has 12 heteroatoms. The first kappa shape index (κ1) is 38.7. The van der Waals surface area contributed by atoms with Crippen LogP contribution in [0.1, 0.15) is 64.8 Å². The SMILES string of the molecule is C.C.CC(C)c1ncc[nH]1.CCc1nccn1[I-]I.Cc1ncc[nH]1.Cc1ncc[nH]1.c1ccc(-c2ncc[nH]2)cc1. The maximum absolute atomic E-state index is 4.19. The maximum Gasteiger partial charge on any atom is 0.137 e. The van der Waals surface area contributed by atoms with Gasteiger partial charge in [-0.3, -0.25) is 0 Å². The van der Waals surface area contributed by atoms with Crippen molar-refractivity contribution in [2.45, 2.75) is 61.8 Å². The molecule has 42 heavy (non-hydrogen) atoms. The van der Waals surface area contributed by atoms with Gasteiger partial charge in [0, 0.05) is 61.1 Å². The van der Waals surface area contributed by atoms with Crippen molar-refractivity contribution in [3.8, 4) is 11.4 Å². The molecule has 0 saturated carbocycles. The van der Waals surface area contributed by atoms with Crippen molar-refractivity contribution in [2.75, 3.05) is 0 Å². The van der Waals surface area contributed by atoms with Gasteiger partial charge in [-0.05, 0) is 13.8 Å². The fraction of sp³-hybridized carbons (Fsp3) is 0.300. The fourth-order valence-corrected chi connectivity index (χ4v) is 6.09. The molecule has 0 aliphatic heterocycles. The van der Waals surface area contributed by atoms with Crippen LogP contribution in [0, 0.1) is 13.8 Å². The molecule has 4 N–H and O–H groups in total. The van der Waals surface area contributed by atoms with E-state index in [1.54, 1.807) is 37.2 Å². The molecule has 5 aromatic heterocycles. The van der Waals surface area contributed by atoms with Gasteiger partial charge in [0.05, 0.1) is 0 Å². The zero-order valence-electron chi connectivity index (χ0n) is 23.4. The van der Waals surface area contributed by atoms with Gasteiger partial charge in [0.2, 0.25) is 0 Å². The molecule has 0 amide bonds. The van der Waals surface area contributed by atoms with Crippen LogP contribution in [-0.4, -0.2) is 47.6 Å². The minimum atomic E-state index is 0. The van der Waals surface area contributed by atoms with Crippen LogP contribution in [0.4, 0.5) is 0 Å². The number of aromatic nitrogens is 10. The van der Waals surface area contributed by atoms with E-state index in [9.17, 15) is 0 Å². The van der Waals surface area contributed by atoms with E-state index in [0.29, 0.717) is 5.92 Å². The summed E-state index contributed by atoms with van der Waals surface area (Å²) < 4.78 is 2.25. The number of H-pyrrole nitrogens is 4. The minimum Gasteiger partial charge on any atom is -0.349 e. The normalized spacial score (nSPS) is 9.31. The number of benzene rings is 1. The van der Waals surface area contributed by atoms with E-state index in [1.807, 2.05) is 62.8 Å². The number of hydrogen-bond donors (Lipinski definition) is 4. The van der Waals surface area contributed by atoms with Gasteiger partial charge < -0.3 is 19.9 Å². The zero-order chi connectivity index (χ0) is 29.0. The van der Waals surface area contributed by atoms with Crippen molar-refractivity contribution in [3.05, 3.63) is 116 Å². The maximum atomic E-state index is 4.19. The molecule has 10 nitrogen and oxygen atoms in total. The fourth-order valence-electron chi connectivity index (χ4n) is 2.92. The Morgan fingerprint density at radius 2 is 1.29 bits per heavy atom. The number of aromatic amines is 4. The second-order valence-corrected chi connectivity index (χ2v) is 12.2. The third-order valence-corrected chi connectivity index (χ3v) is 8.84. The minimum absolute atomic E-state index is 0. The number of rotatable bonds is 4. The molecular weight excluding hydrogens is 754 g/mol. The summed E-state index contributed by atoms with van der Waals surface area (Å²) in [5.74, 6) is 5.66. The van der Waals surface area contributed by atoms with Crippen molar-refractivity contribution in [1.29, 1.82) is 0 Å². The third kappa shape index (κ3) is 15.7. The molecule has 1 aromatic carbocycles. The van der Waals surface area contributed by atoms with Crippen LogP contribution in [0.2, 0.25) is 0 Å². The van der Waals surface area contributed by atoms with E-state index in [0.717, 1.165) is 35.3 Å². The van der Waals surface area contributed by atoms with Crippen LogP contribution in [0.25, 0.3) is 11.4 Å². The molecule has 0 spiro atoms. The van der Waals surface area contributed by atoms with Gasteiger partial charge in [0.15, 0.2) is 0 Å². The van der Waals surface area contributed by atoms with Gasteiger partial charge >= 0.3 is 75.4 Å². The number of halogens is 2. The monoisotopic (exact) mass is 799 g/mol. The molecule has 0 fully saturated rings. The predicted molar refractivity (Wildman–Crippen MR) is 178 cm³/mol. The van der Waals surface area contributed by atoms with Crippen LogP contribution in [-0.2, 0) is 6.42 Å². The van der Waals surface area contributed by atoms with Crippen molar-refractivity contribution in [2.24, 2.45) is 0 Å². The predicted octanol–water partition coefficient (Wildman–Crippen LogP) is 4.97. The summed E-state index contributed by atoms with van der Waals surface area (Å²) in [5.41, 5.74) is 1.12. The number of hydrogen-bond acceptors (Lipinski definition) is 5. The standard InChI is InChI=1S/C9H8N2.C6H10N2.C5H7I2N2.2C4H6N2.2CH4/c1-2-4-8(5-3-1)9-10-6-7-11-9;1-5(2)6-7-3-4-8-6;1-2-5-8-3-4-9(5)7-6;2*1-4-5-2-3-6-4;;/h1-7H,(H,10,11);3-5H,1-2H3,(H,7,8);3-4H,2H2,1H3;2*2-3H,1H3,(H,5,6);2*1H4/q;;-1;;;;. The summed E-state index contributed by atoms with van der Waals surface area (Å²) in [6.07, 6.45) is 19.2. The van der Waals surface area contributed by atoms with Gasteiger partial charge in [-0.2, -0.15) is 0 Å². The smallest absolute Gasteiger partial charge is 0.137 e. The van der Waals surface area contributed by atoms with Crippen molar-refractivity contribution in [1.82, 2.24) is 47.6 Å². The Morgan fingerprint density at radius 3 is 1.62 bits per heavy atom. The first-order valence-corrected chi connectivity index (χ1v) is 19.9. The van der Waals surface area contributed by atoms with Crippen LogP contribution in [0.5, 0.6) is 0 Å². The summed E-state index contributed by atoms with van der Waals surface area (Å²) >= 11 is 2.57. The number of aryl methyl sites for hydroxylation is 3. The Bertz CT molecular complexity index is 1290. The molecule has 0 aliphatic rings. The number of imidazole rings is 5. The van der Waals surface area contributed by atoms with Crippen molar-refractivity contribution in [3.63, 3.8) is 0 Å². The van der Waals surface area contributed by atoms with E-state index in [2.05, 4.69) is 93.2 Å². The second-order valence-electron chi connectivity index (χ2n) is 8.35. The summed E-state index contributed by atoms with van der Waals surface area (Å²) in [5, 5.41) is 0. The molecule has 0 aliphatic carbocycles. The molecule has 6 aromatic rings. The Morgan fingerprint density at radius 1 is 0.738 bits per heavy atom. The summed E-state index contributed by atoms with van der Waals surface area (Å²) in [6.45, 7) is 10.2. The average molecular weight is 800 g/mol. The largest absolute Gasteiger partial charge is 0.349 e. The van der Waals surface area contributed by atoms with Gasteiger partial charge in [0.1, 0.15) is 23.3 Å². The molecule has 6 rings (SSSR count). The molecule has 0 radical (unpaired) electrons. The van der Waals surface area contributed by atoms with Crippen LogP contribution >= 0.6 is 18.6 Å². The molecule has 5 heterocycles. The van der Waals surface area contributed by atoms with Crippen LogP contribution in [0.3, 0.4) is 0 Å². The third-order valence-electron chi connectivity index (χ3n) is 4.93. The van der Waals surface area contributed by atoms with Crippen molar-refractivity contribution < 1.29 is 17.5 Å². The Balaban J connectivity index is 0.000000504. The summed E-state index contributed by atoms with van der Waals surface area (Å²) in [4.78, 5) is 32.0. The van der Waals surface area contributed by atoms with E-state index < -0.39 is 0 Å². The van der Waals surface area contributed by atoms with Gasteiger partial charge in [-0.15, -0.1) is 0 Å². The molecule has 0 saturated heterocycles. The zero-order valence-corrected chi connectivity index (χ0v) is 27.7. The van der Waals surface area contributed by atoms with Crippen molar-refractivity contribution >= 4 is 18.6 Å².